The van der Waals surface area contributed by atoms with E-state index in [0.717, 1.165) is 12.2 Å². The molecule has 0 spiro atoms. The second-order valence-corrected chi connectivity index (χ2v) is 4.01. The van der Waals surface area contributed by atoms with Gasteiger partial charge >= 0.3 is 0 Å². The zero-order valence-electron chi connectivity index (χ0n) is 8.13. The van der Waals surface area contributed by atoms with Gasteiger partial charge in [0.15, 0.2) is 4.69 Å². The molecule has 0 aliphatic carbocycles. The van der Waals surface area contributed by atoms with Gasteiger partial charge in [-0.3, -0.25) is 4.79 Å². The number of carbonyl (C=O) groups is 1. The van der Waals surface area contributed by atoms with E-state index in [4.69, 9.17) is 4.74 Å². The van der Waals surface area contributed by atoms with Crippen LogP contribution in [0.3, 0.4) is 0 Å². The number of benzene rings is 1. The minimum atomic E-state index is 0.0327. The average Bonchev–Trinajstić information content (AvgIpc) is 2.12. The van der Waals surface area contributed by atoms with Gasteiger partial charge in [-0.15, -0.1) is 0 Å². The molecule has 0 saturated heterocycles. The molecule has 1 aromatic rings. The third-order valence-corrected chi connectivity index (χ3v) is 2.17. The first-order chi connectivity index (χ1) is 6.68. The summed E-state index contributed by atoms with van der Waals surface area (Å²) in [5.74, 6) is 0.868. The van der Waals surface area contributed by atoms with Crippen LogP contribution in [0.15, 0.2) is 24.3 Å². The van der Waals surface area contributed by atoms with E-state index in [-0.39, 0.29) is 4.69 Å². The molecule has 0 saturated carbocycles. The van der Waals surface area contributed by atoms with Crippen molar-refractivity contribution in [2.24, 2.45) is 0 Å². The highest BCUT2D eigenvalue weighted by Crippen LogP contribution is 2.12. The molecular weight excluding hydrogens is 244 g/mol. The second kappa shape index (κ2) is 5.81. The first kappa shape index (κ1) is 11.2. The standard InChI is InChI=1S/C11H13BrO2/c1-9-4-2-5-10(8-9)14-7-3-6-11(12)13/h2,4-5,8H,3,6-7H2,1H3. The molecule has 14 heavy (non-hydrogen) atoms. The van der Waals surface area contributed by atoms with Crippen LogP contribution in [-0.4, -0.2) is 11.3 Å². The smallest absolute Gasteiger partial charge is 0.197 e. The monoisotopic (exact) mass is 256 g/mol. The van der Waals surface area contributed by atoms with Crippen molar-refractivity contribution in [3.63, 3.8) is 0 Å². The maximum absolute atomic E-state index is 10.6. The maximum Gasteiger partial charge on any atom is 0.197 e. The Labute approximate surface area is 92.4 Å². The van der Waals surface area contributed by atoms with E-state index in [9.17, 15) is 4.79 Å². The lowest BCUT2D eigenvalue weighted by molar-refractivity contribution is -0.110. The normalized spacial score (nSPS) is 9.86. The number of rotatable bonds is 5. The maximum atomic E-state index is 10.6. The Morgan fingerprint density at radius 3 is 2.93 bits per heavy atom. The van der Waals surface area contributed by atoms with Crippen LogP contribution >= 0.6 is 15.9 Å². The fourth-order valence-corrected chi connectivity index (χ4v) is 1.39. The van der Waals surface area contributed by atoms with Crippen molar-refractivity contribution in [3.05, 3.63) is 29.8 Å². The van der Waals surface area contributed by atoms with Crippen molar-refractivity contribution in [3.8, 4) is 5.75 Å². The first-order valence-electron chi connectivity index (χ1n) is 4.56. The predicted molar refractivity (Wildman–Crippen MR) is 59.8 cm³/mol. The summed E-state index contributed by atoms with van der Waals surface area (Å²) in [6.45, 7) is 2.61. The summed E-state index contributed by atoms with van der Waals surface area (Å²) < 4.78 is 5.50. The Morgan fingerprint density at radius 1 is 1.50 bits per heavy atom. The third-order valence-electron chi connectivity index (χ3n) is 1.78. The van der Waals surface area contributed by atoms with E-state index in [1.807, 2.05) is 31.2 Å². The van der Waals surface area contributed by atoms with Crippen LogP contribution in [0.4, 0.5) is 0 Å². The van der Waals surface area contributed by atoms with Gasteiger partial charge in [0.25, 0.3) is 0 Å². The van der Waals surface area contributed by atoms with Crippen LogP contribution in [0.25, 0.3) is 0 Å². The number of halogens is 1. The Kier molecular flexibility index (Phi) is 4.66. The van der Waals surface area contributed by atoms with Crippen LogP contribution in [0.2, 0.25) is 0 Å². The van der Waals surface area contributed by atoms with Crippen molar-refractivity contribution in [2.45, 2.75) is 19.8 Å². The highest BCUT2D eigenvalue weighted by atomic mass is 79.9. The Bertz CT molecular complexity index is 310. The molecule has 0 fully saturated rings. The van der Waals surface area contributed by atoms with Gasteiger partial charge in [-0.05, 0) is 47.0 Å². The molecule has 0 aliphatic rings. The van der Waals surface area contributed by atoms with Crippen LogP contribution in [0.1, 0.15) is 18.4 Å². The first-order valence-corrected chi connectivity index (χ1v) is 5.35. The van der Waals surface area contributed by atoms with Gasteiger partial charge in [0.1, 0.15) is 5.75 Å². The van der Waals surface area contributed by atoms with E-state index in [1.54, 1.807) is 0 Å². The summed E-state index contributed by atoms with van der Waals surface area (Å²) >= 11 is 2.88. The Hall–Kier alpha value is -0.830. The Morgan fingerprint density at radius 2 is 2.29 bits per heavy atom. The molecule has 0 radical (unpaired) electrons. The van der Waals surface area contributed by atoms with Crippen molar-refractivity contribution in [1.29, 1.82) is 0 Å². The number of aryl methyl sites for hydroxylation is 1. The summed E-state index contributed by atoms with van der Waals surface area (Å²) in [7, 11) is 0. The van der Waals surface area contributed by atoms with Gasteiger partial charge in [0, 0.05) is 6.42 Å². The van der Waals surface area contributed by atoms with E-state index >= 15 is 0 Å². The lowest BCUT2D eigenvalue weighted by atomic mass is 10.2. The van der Waals surface area contributed by atoms with E-state index in [2.05, 4.69) is 15.9 Å². The molecule has 0 aromatic heterocycles. The van der Waals surface area contributed by atoms with Crippen LogP contribution in [-0.2, 0) is 4.79 Å². The van der Waals surface area contributed by atoms with Gasteiger partial charge < -0.3 is 4.74 Å². The largest absolute Gasteiger partial charge is 0.494 e. The number of hydrogen-bond acceptors (Lipinski definition) is 2. The highest BCUT2D eigenvalue weighted by Gasteiger charge is 1.97. The summed E-state index contributed by atoms with van der Waals surface area (Å²) in [6.07, 6.45) is 1.27. The third kappa shape index (κ3) is 4.42. The minimum absolute atomic E-state index is 0.0327. The van der Waals surface area contributed by atoms with Crippen molar-refractivity contribution < 1.29 is 9.53 Å². The number of carbonyl (C=O) groups excluding carboxylic acids is 1. The summed E-state index contributed by atoms with van der Waals surface area (Å²) in [5.41, 5.74) is 1.18. The zero-order valence-corrected chi connectivity index (χ0v) is 9.71. The molecule has 0 N–H and O–H groups in total. The van der Waals surface area contributed by atoms with Gasteiger partial charge in [-0.2, -0.15) is 0 Å². The van der Waals surface area contributed by atoms with Gasteiger partial charge in [0.2, 0.25) is 0 Å². The topological polar surface area (TPSA) is 26.3 Å². The summed E-state index contributed by atoms with van der Waals surface area (Å²) in [4.78, 5) is 10.6. The predicted octanol–water partition coefficient (Wildman–Crippen LogP) is 3.08. The molecule has 3 heteroatoms. The van der Waals surface area contributed by atoms with Crippen molar-refractivity contribution in [1.82, 2.24) is 0 Å². The summed E-state index contributed by atoms with van der Waals surface area (Å²) in [6, 6.07) is 7.88. The minimum Gasteiger partial charge on any atom is -0.494 e. The zero-order chi connectivity index (χ0) is 10.4. The molecule has 2 nitrogen and oxygen atoms in total. The molecule has 0 aliphatic heterocycles. The molecule has 0 unspecified atom stereocenters. The lowest BCUT2D eigenvalue weighted by Crippen LogP contribution is -1.99. The average molecular weight is 257 g/mol. The molecule has 1 aromatic carbocycles. The molecule has 0 bridgehead atoms. The SMILES string of the molecule is Cc1cccc(OCCCC(=O)Br)c1. The van der Waals surface area contributed by atoms with Gasteiger partial charge in [0.05, 0.1) is 6.61 Å². The van der Waals surface area contributed by atoms with Crippen LogP contribution in [0, 0.1) is 6.92 Å². The summed E-state index contributed by atoms with van der Waals surface area (Å²) in [5, 5.41) is 0. The lowest BCUT2D eigenvalue weighted by Gasteiger charge is -2.05. The molecule has 1 rings (SSSR count). The fourth-order valence-electron chi connectivity index (χ4n) is 1.11. The van der Waals surface area contributed by atoms with Crippen LogP contribution < -0.4 is 4.74 Å². The van der Waals surface area contributed by atoms with E-state index < -0.39 is 0 Å². The fraction of sp³-hybridized carbons (Fsp3) is 0.364. The van der Waals surface area contributed by atoms with Crippen LogP contribution in [0.5, 0.6) is 5.75 Å². The molecule has 0 amide bonds. The quantitative estimate of drug-likeness (QED) is 0.598. The highest BCUT2D eigenvalue weighted by molar-refractivity contribution is 9.18. The molecule has 76 valence electrons. The Balaban J connectivity index is 2.28. The molecular formula is C11H13BrO2. The molecule has 0 heterocycles. The van der Waals surface area contributed by atoms with E-state index in [0.29, 0.717) is 13.0 Å². The second-order valence-electron chi connectivity index (χ2n) is 3.12. The van der Waals surface area contributed by atoms with Crippen molar-refractivity contribution in [2.75, 3.05) is 6.61 Å². The van der Waals surface area contributed by atoms with Crippen molar-refractivity contribution >= 4 is 20.6 Å². The number of hydrogen-bond donors (Lipinski definition) is 0. The van der Waals surface area contributed by atoms with E-state index in [1.165, 1.54) is 5.56 Å². The van der Waals surface area contributed by atoms with Gasteiger partial charge in [-0.25, -0.2) is 0 Å². The van der Waals surface area contributed by atoms with Gasteiger partial charge in [-0.1, -0.05) is 12.1 Å². The number of ether oxygens (including phenoxy) is 1. The molecule has 0 atom stereocenters.